The van der Waals surface area contributed by atoms with Gasteiger partial charge in [-0.15, -0.1) is 11.3 Å². The van der Waals surface area contributed by atoms with Gasteiger partial charge in [-0.05, 0) is 23.8 Å². The topological polar surface area (TPSA) is 96.1 Å². The number of aliphatic hydroxyl groups is 1. The molecule has 1 unspecified atom stereocenters. The number of nitrogens with zero attached hydrogens (tertiary/aromatic N) is 2. The number of aliphatic hydroxyl groups excluding tert-OH is 1. The maximum absolute atomic E-state index is 9.89. The first-order valence-electron chi connectivity index (χ1n) is 6.24. The normalized spacial score (nSPS) is 12.9. The van der Waals surface area contributed by atoms with E-state index in [2.05, 4.69) is 34.6 Å². The van der Waals surface area contributed by atoms with E-state index in [9.17, 15) is 5.11 Å². The van der Waals surface area contributed by atoms with Gasteiger partial charge in [0.2, 0.25) is 5.95 Å². The van der Waals surface area contributed by atoms with E-state index in [4.69, 9.17) is 5.84 Å². The summed E-state index contributed by atoms with van der Waals surface area (Å²) < 4.78 is 0. The van der Waals surface area contributed by atoms with Crippen LogP contribution in [0.2, 0.25) is 0 Å². The first kappa shape index (κ1) is 14.0. The molecule has 7 heteroatoms. The predicted octanol–water partition coefficient (Wildman–Crippen LogP) is 1.80. The highest BCUT2D eigenvalue weighted by molar-refractivity contribution is 7.16. The van der Waals surface area contributed by atoms with E-state index >= 15 is 0 Å². The predicted molar refractivity (Wildman–Crippen MR) is 79.2 cm³/mol. The third-order valence-corrected chi connectivity index (χ3v) is 3.51. The number of rotatable bonds is 6. The monoisotopic (exact) mass is 281 g/mol. The number of fused-ring (bicyclic) bond motifs is 1. The number of aromatic nitrogens is 2. The minimum Gasteiger partial charge on any atom is -0.391 e. The molecule has 2 rings (SSSR count). The summed E-state index contributed by atoms with van der Waals surface area (Å²) in [6.07, 6.45) is 0.366. The van der Waals surface area contributed by atoms with Gasteiger partial charge in [0.15, 0.2) is 0 Å². The quantitative estimate of drug-likeness (QED) is 0.476. The van der Waals surface area contributed by atoms with Crippen LogP contribution in [-0.4, -0.2) is 27.7 Å². The smallest absolute Gasteiger partial charge is 0.240 e. The maximum atomic E-state index is 9.89. The Morgan fingerprint density at radius 2 is 2.21 bits per heavy atom. The Bertz CT molecular complexity index is 542. The number of hydrazine groups is 1. The van der Waals surface area contributed by atoms with Crippen molar-refractivity contribution in [3.63, 3.8) is 0 Å². The molecule has 0 aliphatic rings. The Balaban J connectivity index is 2.13. The van der Waals surface area contributed by atoms with Crippen LogP contribution in [0.1, 0.15) is 20.3 Å². The van der Waals surface area contributed by atoms with Gasteiger partial charge in [-0.3, -0.25) is 5.43 Å². The molecular weight excluding hydrogens is 262 g/mol. The van der Waals surface area contributed by atoms with E-state index in [-0.39, 0.29) is 0 Å². The molecule has 0 bridgehead atoms. The lowest BCUT2D eigenvalue weighted by Crippen LogP contribution is -2.22. The zero-order valence-electron chi connectivity index (χ0n) is 11.1. The molecule has 0 fully saturated rings. The fourth-order valence-corrected chi connectivity index (χ4v) is 2.66. The lowest BCUT2D eigenvalue weighted by atomic mass is 10.1. The Morgan fingerprint density at radius 1 is 1.42 bits per heavy atom. The van der Waals surface area contributed by atoms with E-state index in [1.807, 2.05) is 11.4 Å². The van der Waals surface area contributed by atoms with Crippen molar-refractivity contribution in [3.05, 3.63) is 11.4 Å². The van der Waals surface area contributed by atoms with Crippen LogP contribution >= 0.6 is 11.3 Å². The number of nitrogens with one attached hydrogen (secondary N) is 2. The van der Waals surface area contributed by atoms with Crippen molar-refractivity contribution in [3.8, 4) is 0 Å². The summed E-state index contributed by atoms with van der Waals surface area (Å²) >= 11 is 1.53. The van der Waals surface area contributed by atoms with Crippen molar-refractivity contribution in [2.75, 3.05) is 17.3 Å². The van der Waals surface area contributed by atoms with Gasteiger partial charge in [0, 0.05) is 6.54 Å². The van der Waals surface area contributed by atoms with Gasteiger partial charge >= 0.3 is 0 Å². The summed E-state index contributed by atoms with van der Waals surface area (Å²) in [5, 5.41) is 15.9. The van der Waals surface area contributed by atoms with E-state index in [1.165, 1.54) is 11.3 Å². The Hall–Kier alpha value is -1.44. The average molecular weight is 281 g/mol. The summed E-state index contributed by atoms with van der Waals surface area (Å²) in [6, 6.07) is 1.96. The van der Waals surface area contributed by atoms with Gasteiger partial charge in [-0.2, -0.15) is 4.98 Å². The Morgan fingerprint density at radius 3 is 2.89 bits per heavy atom. The summed E-state index contributed by atoms with van der Waals surface area (Å²) in [7, 11) is 0. The molecule has 2 aromatic rings. The van der Waals surface area contributed by atoms with Gasteiger partial charge in [-0.1, -0.05) is 13.8 Å². The minimum absolute atomic E-state index is 0.371. The van der Waals surface area contributed by atoms with Crippen LogP contribution in [0.4, 0.5) is 11.8 Å². The standard InChI is InChI=1S/C12H19N5OS/c1-7(2)5-8(18)6-14-10-9-3-4-19-11(9)16-12(15-10)17-13/h3-4,7-8,18H,5-6,13H2,1-2H3,(H2,14,15,16,17). The molecule has 1 atom stereocenters. The Kier molecular flexibility index (Phi) is 4.52. The van der Waals surface area contributed by atoms with Gasteiger partial charge in [-0.25, -0.2) is 10.8 Å². The molecule has 2 aromatic heterocycles. The highest BCUT2D eigenvalue weighted by atomic mass is 32.1. The average Bonchev–Trinajstić information content (AvgIpc) is 2.82. The zero-order chi connectivity index (χ0) is 13.8. The summed E-state index contributed by atoms with van der Waals surface area (Å²) in [5.41, 5.74) is 2.45. The Labute approximate surface area is 116 Å². The van der Waals surface area contributed by atoms with E-state index in [0.29, 0.717) is 24.2 Å². The number of hydrogen-bond donors (Lipinski definition) is 4. The molecular formula is C12H19N5OS. The van der Waals surface area contributed by atoms with E-state index in [0.717, 1.165) is 16.6 Å². The number of hydrogen-bond acceptors (Lipinski definition) is 7. The third kappa shape index (κ3) is 3.52. The molecule has 5 N–H and O–H groups in total. The lowest BCUT2D eigenvalue weighted by Gasteiger charge is -2.15. The molecule has 2 heterocycles. The molecule has 0 amide bonds. The van der Waals surface area contributed by atoms with Crippen LogP contribution in [0.5, 0.6) is 0 Å². The molecule has 0 saturated heterocycles. The third-order valence-electron chi connectivity index (χ3n) is 2.70. The van der Waals surface area contributed by atoms with Crippen molar-refractivity contribution < 1.29 is 5.11 Å². The van der Waals surface area contributed by atoms with Crippen LogP contribution in [-0.2, 0) is 0 Å². The van der Waals surface area contributed by atoms with Gasteiger partial charge < -0.3 is 10.4 Å². The molecule has 0 radical (unpaired) electrons. The maximum Gasteiger partial charge on any atom is 0.240 e. The van der Waals surface area contributed by atoms with Crippen molar-refractivity contribution in [2.45, 2.75) is 26.4 Å². The van der Waals surface area contributed by atoms with Crippen LogP contribution < -0.4 is 16.6 Å². The summed E-state index contributed by atoms with van der Waals surface area (Å²) in [4.78, 5) is 9.40. The molecule has 0 aromatic carbocycles. The van der Waals surface area contributed by atoms with Crippen LogP contribution in [0.3, 0.4) is 0 Å². The molecule has 104 valence electrons. The van der Waals surface area contributed by atoms with Crippen LogP contribution in [0.25, 0.3) is 10.2 Å². The van der Waals surface area contributed by atoms with Gasteiger partial charge in [0.25, 0.3) is 0 Å². The van der Waals surface area contributed by atoms with Gasteiger partial charge in [0.05, 0.1) is 11.5 Å². The summed E-state index contributed by atoms with van der Waals surface area (Å²) in [6.45, 7) is 4.63. The molecule has 0 aliphatic carbocycles. The SMILES string of the molecule is CC(C)CC(O)CNc1nc(NN)nc2sccc12. The zero-order valence-corrected chi connectivity index (χ0v) is 11.9. The molecule has 19 heavy (non-hydrogen) atoms. The number of anilines is 2. The highest BCUT2D eigenvalue weighted by Crippen LogP contribution is 2.26. The van der Waals surface area contributed by atoms with Crippen molar-refractivity contribution in [1.82, 2.24) is 9.97 Å². The van der Waals surface area contributed by atoms with E-state index < -0.39 is 6.10 Å². The van der Waals surface area contributed by atoms with Crippen molar-refractivity contribution in [1.29, 1.82) is 0 Å². The van der Waals surface area contributed by atoms with Crippen molar-refractivity contribution in [2.24, 2.45) is 11.8 Å². The molecule has 0 aliphatic heterocycles. The molecule has 0 saturated carbocycles. The van der Waals surface area contributed by atoms with Gasteiger partial charge in [0.1, 0.15) is 10.6 Å². The first-order valence-corrected chi connectivity index (χ1v) is 7.12. The molecule has 6 nitrogen and oxygen atoms in total. The van der Waals surface area contributed by atoms with Crippen molar-refractivity contribution >= 4 is 33.3 Å². The van der Waals surface area contributed by atoms with E-state index in [1.54, 1.807) is 0 Å². The largest absolute Gasteiger partial charge is 0.391 e. The van der Waals surface area contributed by atoms with Crippen LogP contribution in [0.15, 0.2) is 11.4 Å². The first-order chi connectivity index (χ1) is 9.10. The number of thiophene rings is 1. The fraction of sp³-hybridized carbons (Fsp3) is 0.500. The second-order valence-electron chi connectivity index (χ2n) is 4.84. The fourth-order valence-electron chi connectivity index (χ4n) is 1.90. The second-order valence-corrected chi connectivity index (χ2v) is 5.74. The molecule has 0 spiro atoms. The highest BCUT2D eigenvalue weighted by Gasteiger charge is 2.11. The van der Waals surface area contributed by atoms with Crippen LogP contribution in [0, 0.1) is 5.92 Å². The lowest BCUT2D eigenvalue weighted by molar-refractivity contribution is 0.161. The summed E-state index contributed by atoms with van der Waals surface area (Å²) in [5.74, 6) is 6.88. The second kappa shape index (κ2) is 6.14. The number of nitrogens with two attached hydrogens (primary N) is 1. The minimum atomic E-state index is -0.391. The number of nitrogen functional groups attached to an aromatic ring is 1.